The van der Waals surface area contributed by atoms with Crippen LogP contribution in [-0.2, 0) is 28.6 Å². The van der Waals surface area contributed by atoms with Crippen molar-refractivity contribution < 1.29 is 56.5 Å². The predicted octanol–water partition coefficient (Wildman–Crippen LogP) is 2.84. The van der Waals surface area contributed by atoms with Crippen LogP contribution in [0, 0.1) is 44.0 Å². The molecule has 0 aliphatic carbocycles. The first-order valence-corrected chi connectivity index (χ1v) is 20.1. The minimum atomic E-state index is -3.68. The number of carbonyl (C=O) groups is 2. The third kappa shape index (κ3) is 35.7. The van der Waals surface area contributed by atoms with Gasteiger partial charge in [0.25, 0.3) is 10.1 Å². The van der Waals surface area contributed by atoms with E-state index in [1.54, 1.807) is 17.0 Å². The smallest absolute Gasteiger partial charge is 0.479 e. The van der Waals surface area contributed by atoms with Crippen LogP contribution in [-0.4, -0.2) is 96.2 Å². The Morgan fingerprint density at radius 2 is 1.52 bits per heavy atom. The van der Waals surface area contributed by atoms with E-state index in [1.165, 1.54) is 21.9 Å². The maximum Gasteiger partial charge on any atom is 1.00 e. The topological polar surface area (TPSA) is 239 Å². The number of benzene rings is 1. The summed E-state index contributed by atoms with van der Waals surface area (Å²) in [6.45, 7) is 11.7. The molecule has 16 nitrogen and oxygen atoms in total. The fourth-order valence-electron chi connectivity index (χ4n) is 3.54. The number of azide groups is 1. The van der Waals surface area contributed by atoms with Gasteiger partial charge in [-0.05, 0) is 43.9 Å². The van der Waals surface area contributed by atoms with Crippen molar-refractivity contribution >= 4 is 45.6 Å². The Balaban J connectivity index is -0.000000194. The molecule has 1 heterocycles. The summed E-state index contributed by atoms with van der Waals surface area (Å²) >= 11 is 0. The minimum absolute atomic E-state index is 0. The van der Waals surface area contributed by atoms with Crippen molar-refractivity contribution in [3.05, 3.63) is 56.2 Å². The average molecular weight is 819 g/mol. The van der Waals surface area contributed by atoms with Crippen molar-refractivity contribution in [1.29, 1.82) is 1.28 Å². The molecule has 0 spiro atoms. The van der Waals surface area contributed by atoms with Gasteiger partial charge in [-0.15, -0.1) is 37.1 Å². The van der Waals surface area contributed by atoms with Gasteiger partial charge in [-0.25, -0.2) is 0 Å². The Bertz CT molecular complexity index is 1510. The van der Waals surface area contributed by atoms with E-state index >= 15 is 0 Å². The van der Waals surface area contributed by atoms with E-state index in [0.29, 0.717) is 39.0 Å². The zero-order chi connectivity index (χ0) is 42.0. The van der Waals surface area contributed by atoms with Crippen LogP contribution in [0.4, 0.5) is 0 Å². The average Bonchev–Trinajstić information content (AvgIpc) is 3.66. The molecule has 0 saturated carbocycles. The number of carbonyl (C=O) groups excluding carboxylic acids is 2. The van der Waals surface area contributed by atoms with Gasteiger partial charge in [-0.2, -0.15) is 8.42 Å². The Labute approximate surface area is 350 Å². The third-order valence-electron chi connectivity index (χ3n) is 5.85. The number of aliphatic imine (C=N–C) groups is 1. The fourth-order valence-corrected chi connectivity index (χ4v) is 4.37. The summed E-state index contributed by atoms with van der Waals surface area (Å²) in [4.78, 5) is 34.2. The second-order valence-electron chi connectivity index (χ2n) is 9.98. The Hall–Kier alpha value is -3.34. The van der Waals surface area contributed by atoms with E-state index in [4.69, 9.17) is 47.6 Å². The van der Waals surface area contributed by atoms with Crippen molar-refractivity contribution in [1.82, 2.24) is 9.80 Å². The molecule has 2 amide bonds. The SMILES string of the molecule is C#CCN(CCN)C(=O)CCC.C#CCN(CCN=[N+]=[N-])C(=O)CCC.C#CCOS(=O)(=O)c1ccc(C)cc1.CCCC1=NCCO1.[3H]PP.[N-]=[N+]=[N-].[Na+]. The van der Waals surface area contributed by atoms with Gasteiger partial charge < -0.3 is 31.3 Å². The van der Waals surface area contributed by atoms with Crippen LogP contribution in [0.5, 0.6) is 0 Å². The van der Waals surface area contributed by atoms with Gasteiger partial charge in [0, 0.05) is 50.4 Å². The maximum absolute atomic E-state index is 11.4. The van der Waals surface area contributed by atoms with Crippen molar-refractivity contribution in [3.8, 4) is 37.0 Å². The van der Waals surface area contributed by atoms with Crippen LogP contribution in [0.25, 0.3) is 26.4 Å². The molecular weight excluding hydrogens is 761 g/mol. The minimum Gasteiger partial charge on any atom is -0.479 e. The summed E-state index contributed by atoms with van der Waals surface area (Å²) in [6.07, 6.45) is 20.0. The number of ether oxygens (including phenoxy) is 1. The third-order valence-corrected chi connectivity index (χ3v) is 7.13. The van der Waals surface area contributed by atoms with Gasteiger partial charge in [-0.1, -0.05) is 61.3 Å². The number of terminal acetylenes is 3. The molecular formula is C34H55N10NaO6P2S. The van der Waals surface area contributed by atoms with Crippen molar-refractivity contribution in [2.45, 2.75) is 71.1 Å². The van der Waals surface area contributed by atoms with Gasteiger partial charge in [-0.3, -0.25) is 23.7 Å². The number of nitrogens with zero attached hydrogens (tertiary/aromatic N) is 9. The Morgan fingerprint density at radius 1 is 1.02 bits per heavy atom. The summed E-state index contributed by atoms with van der Waals surface area (Å²) in [7, 11) is -1.16. The molecule has 54 heavy (non-hydrogen) atoms. The second kappa shape index (κ2) is 44.1. The molecule has 2 N–H and O–H groups in total. The van der Waals surface area contributed by atoms with Crippen LogP contribution >= 0.6 is 17.8 Å². The molecule has 294 valence electrons. The van der Waals surface area contributed by atoms with Crippen molar-refractivity contribution in [3.63, 3.8) is 0 Å². The van der Waals surface area contributed by atoms with Gasteiger partial charge in [0.15, 0.2) is 5.90 Å². The standard InChI is InChI=1S/C10H10O3S.C9H14N4O.C9H16N2O.C6H11NO.N3.Na.H4P2/c1-3-8-13-14(11,12)10-6-4-9(2)5-7-10;1-3-5-9(14)13(7-4-2)8-6-11-12-10;1-3-5-9(12)11(7-4-2)8-6-10;1-2-3-6-7-4-5-8-6;1-3-2;;1-2/h1,4-7H,8H2,2H3;2H,3,5-8H2,1H3;2H,3,5-8,10H2,1H3;2-5H2,1H3;;;1-2H2/q;;;;-1;+1;/i;;;;;;1T. The zero-order valence-corrected chi connectivity index (χ0v) is 37.2. The molecule has 2 rings (SSSR count). The summed E-state index contributed by atoms with van der Waals surface area (Å²) < 4.78 is 38.7. The number of aryl methyl sites for hydroxylation is 1. The van der Waals surface area contributed by atoms with Crippen LogP contribution in [0.15, 0.2) is 39.3 Å². The first-order valence-electron chi connectivity index (χ1n) is 16.9. The summed E-state index contributed by atoms with van der Waals surface area (Å²) in [5.41, 5.74) is 27.9. The molecule has 1 aliphatic heterocycles. The second-order valence-corrected chi connectivity index (χ2v) is 11.6. The number of rotatable bonds is 16. The molecule has 2 unspecified atom stereocenters. The van der Waals surface area contributed by atoms with Crippen LogP contribution in [0.3, 0.4) is 0 Å². The largest absolute Gasteiger partial charge is 1.00 e. The molecule has 1 aromatic carbocycles. The Kier molecular flexibility index (Phi) is 46.8. The predicted molar refractivity (Wildman–Crippen MR) is 220 cm³/mol. The molecule has 2 atom stereocenters. The maximum atomic E-state index is 11.4. The monoisotopic (exact) mass is 818 g/mol. The molecule has 0 bridgehead atoms. The molecule has 1 aliphatic rings. The molecule has 1 aromatic rings. The van der Waals surface area contributed by atoms with E-state index in [1.807, 2.05) is 20.8 Å². The molecule has 0 saturated heterocycles. The van der Waals surface area contributed by atoms with Gasteiger partial charge >= 0.3 is 29.6 Å². The quantitative estimate of drug-likeness (QED) is 0.0497. The van der Waals surface area contributed by atoms with Gasteiger partial charge in [0.1, 0.15) is 13.2 Å². The zero-order valence-electron chi connectivity index (χ0n) is 33.2. The van der Waals surface area contributed by atoms with Crippen molar-refractivity contribution in [2.24, 2.45) is 15.8 Å². The Morgan fingerprint density at radius 3 is 1.89 bits per heavy atom. The van der Waals surface area contributed by atoms with Crippen LogP contribution in [0.1, 0.15) is 64.9 Å². The molecule has 0 fully saturated rings. The normalized spacial score (nSPS) is 10.4. The number of amides is 2. The van der Waals surface area contributed by atoms with Gasteiger partial charge in [0.05, 0.1) is 25.8 Å². The summed E-state index contributed by atoms with van der Waals surface area (Å²) in [5, 5.41) is 3.35. The number of hydrogen-bond acceptors (Lipinski definition) is 9. The molecule has 0 aromatic heterocycles. The fraction of sp³-hybridized carbons (Fsp3) is 0.559. The van der Waals surface area contributed by atoms with E-state index in [9.17, 15) is 18.0 Å². The summed E-state index contributed by atoms with van der Waals surface area (Å²) in [5.74, 6) is 8.01. The number of hydrogen-bond donors (Lipinski definition) is 1. The molecule has 20 heteroatoms. The number of nitrogens with two attached hydrogens (primary N) is 1. The van der Waals surface area contributed by atoms with Crippen molar-refractivity contribution in [2.75, 3.05) is 59.0 Å². The van der Waals surface area contributed by atoms with Crippen LogP contribution < -0.4 is 35.3 Å². The van der Waals surface area contributed by atoms with E-state index in [0.717, 1.165) is 50.3 Å². The van der Waals surface area contributed by atoms with E-state index in [2.05, 4.69) is 52.8 Å². The van der Waals surface area contributed by atoms with E-state index < -0.39 is 10.1 Å². The van der Waals surface area contributed by atoms with Crippen LogP contribution in [0.2, 0.25) is 0 Å². The first kappa shape index (κ1) is 57.4. The first-order chi connectivity index (χ1) is 25.8. The van der Waals surface area contributed by atoms with E-state index in [-0.39, 0.29) is 74.8 Å². The van der Waals surface area contributed by atoms with Gasteiger partial charge in [0.2, 0.25) is 11.8 Å². The molecule has 0 radical (unpaired) electrons. The summed E-state index contributed by atoms with van der Waals surface area (Å²) in [6, 6.07) is 6.38.